The number of nitrogens with one attached hydrogen (secondary N) is 1. The Balaban J connectivity index is 2.08. The van der Waals surface area contributed by atoms with Gasteiger partial charge in [-0.3, -0.25) is 9.59 Å². The first-order chi connectivity index (χ1) is 11.5. The van der Waals surface area contributed by atoms with Crippen LogP contribution in [0.2, 0.25) is 0 Å². The van der Waals surface area contributed by atoms with Gasteiger partial charge in [-0.1, -0.05) is 0 Å². The van der Waals surface area contributed by atoms with Gasteiger partial charge in [0.25, 0.3) is 0 Å². The van der Waals surface area contributed by atoms with Crippen LogP contribution in [-0.2, 0) is 24.2 Å². The molecule has 2 aliphatic rings. The largest absolute Gasteiger partial charge is 0.543 e. The summed E-state index contributed by atoms with van der Waals surface area (Å²) in [4.78, 5) is 35.9. The van der Waals surface area contributed by atoms with E-state index in [4.69, 9.17) is 0 Å². The molecule has 0 spiro atoms. The van der Waals surface area contributed by atoms with Crippen LogP contribution < -0.4 is 10.4 Å². The van der Waals surface area contributed by atoms with Gasteiger partial charge in [0.2, 0.25) is 11.8 Å². The lowest BCUT2D eigenvalue weighted by Gasteiger charge is -2.46. The fraction of sp³-hybridized carbons (Fsp3) is 0.643. The van der Waals surface area contributed by atoms with Gasteiger partial charge in [0.15, 0.2) is 0 Å². The lowest BCUT2D eigenvalue weighted by molar-refractivity contribution is -0.301. The van der Waals surface area contributed by atoms with Crippen LogP contribution in [0.15, 0.2) is 10.6 Å². The van der Waals surface area contributed by atoms with E-state index in [-0.39, 0.29) is 18.0 Å². The monoisotopic (exact) mass is 391 g/mol. The molecule has 2 N–H and O–H groups in total. The van der Waals surface area contributed by atoms with Gasteiger partial charge in [0, 0.05) is 36.8 Å². The number of carbonyl (C=O) groups excluding carboxylic acids is 3. The normalized spacial score (nSPS) is 24.0. The number of aliphatic carboxylic acids is 1. The van der Waals surface area contributed by atoms with Gasteiger partial charge in [-0.2, -0.15) is 0 Å². The van der Waals surface area contributed by atoms with Crippen molar-refractivity contribution in [2.75, 3.05) is 24.3 Å². The molecule has 0 saturated carbocycles. The van der Waals surface area contributed by atoms with Gasteiger partial charge in [-0.05, 0) is 0 Å². The topological polar surface area (TPSA) is 144 Å². The molecule has 9 nitrogen and oxygen atoms in total. The molecule has 140 valence electrons. The fourth-order valence-electron chi connectivity index (χ4n) is 3.06. The van der Waals surface area contributed by atoms with E-state index < -0.39 is 45.5 Å². The number of rotatable bonds is 8. The minimum Gasteiger partial charge on any atom is -0.543 e. The van der Waals surface area contributed by atoms with E-state index in [0.717, 1.165) is 11.2 Å². The molecule has 25 heavy (non-hydrogen) atoms. The highest BCUT2D eigenvalue weighted by Gasteiger charge is 2.56. The van der Waals surface area contributed by atoms with E-state index in [0.29, 0.717) is 17.2 Å². The maximum absolute atomic E-state index is 12.2. The van der Waals surface area contributed by atoms with Gasteiger partial charge >= 0.3 is 0 Å². The number of thioether (sulfide) groups is 1. The van der Waals surface area contributed by atoms with Crippen LogP contribution in [0.5, 0.6) is 0 Å². The number of fused-ring (bicyclic) bond motifs is 1. The Bertz CT molecular complexity index is 731. The smallest absolute Gasteiger partial charge is 0.235 e. The average molecular weight is 391 g/mol. The third kappa shape index (κ3) is 4.33. The molecule has 2 rings (SSSR count). The molecule has 0 aromatic carbocycles. The molecular weight excluding hydrogens is 372 g/mol. The summed E-state index contributed by atoms with van der Waals surface area (Å²) in [6, 6.07) is -0.583. The van der Waals surface area contributed by atoms with Gasteiger partial charge in [0.05, 0.1) is 35.5 Å². The summed E-state index contributed by atoms with van der Waals surface area (Å²) in [5.41, 5.74) is -0.231. The maximum atomic E-state index is 12.2. The number of nitrogens with zero attached hydrogens (tertiary/aromatic N) is 1. The van der Waals surface area contributed by atoms with Crippen molar-refractivity contribution in [1.29, 1.82) is 0 Å². The molecule has 0 aromatic rings. The van der Waals surface area contributed by atoms with E-state index in [9.17, 15) is 33.0 Å². The van der Waals surface area contributed by atoms with Crippen molar-refractivity contribution in [3.63, 3.8) is 0 Å². The van der Waals surface area contributed by atoms with Crippen molar-refractivity contribution in [2.24, 2.45) is 5.92 Å². The predicted octanol–water partition coefficient (Wildman–Crippen LogP) is -2.55. The SMILES string of the molecule is CC(=O)NCCSC1=C(C(=O)[O-])N2C(=O)[C@@H]([C@@H](O)CS(C)(=O)=O)[C@H]2C1. The molecule has 2 heterocycles. The van der Waals surface area contributed by atoms with E-state index in [1.165, 1.54) is 18.7 Å². The number of aliphatic hydroxyl groups is 1. The number of carbonyl (C=O) groups is 3. The maximum Gasteiger partial charge on any atom is 0.235 e. The van der Waals surface area contributed by atoms with Crippen molar-refractivity contribution >= 4 is 39.4 Å². The number of hydrogen-bond donors (Lipinski definition) is 2. The lowest BCUT2D eigenvalue weighted by atomic mass is 9.83. The zero-order valence-corrected chi connectivity index (χ0v) is 15.4. The predicted molar refractivity (Wildman–Crippen MR) is 87.6 cm³/mol. The third-order valence-electron chi connectivity index (χ3n) is 4.00. The molecule has 11 heteroatoms. The molecule has 0 aromatic heterocycles. The van der Waals surface area contributed by atoms with Gasteiger partial charge in [-0.15, -0.1) is 11.8 Å². The summed E-state index contributed by atoms with van der Waals surface area (Å²) in [5.74, 6) is -3.40. The quantitative estimate of drug-likeness (QED) is 0.340. The second-order valence-corrected chi connectivity index (χ2v) is 9.43. The first-order valence-electron chi connectivity index (χ1n) is 7.53. The van der Waals surface area contributed by atoms with Crippen LogP contribution in [0.25, 0.3) is 0 Å². The highest BCUT2D eigenvalue weighted by atomic mass is 32.2. The lowest BCUT2D eigenvalue weighted by Crippen LogP contribution is -2.63. The van der Waals surface area contributed by atoms with Crippen LogP contribution in [0.1, 0.15) is 13.3 Å². The van der Waals surface area contributed by atoms with Gasteiger partial charge in [-0.25, -0.2) is 8.42 Å². The Hall–Kier alpha value is -1.59. The van der Waals surface area contributed by atoms with Crippen molar-refractivity contribution in [2.45, 2.75) is 25.5 Å². The third-order valence-corrected chi connectivity index (χ3v) is 6.07. The number of hydrogen-bond acceptors (Lipinski definition) is 8. The number of β-lactam (4-membered cyclic amide) rings is 1. The number of carboxylic acids is 1. The van der Waals surface area contributed by atoms with Crippen molar-refractivity contribution in [3.8, 4) is 0 Å². The summed E-state index contributed by atoms with van der Waals surface area (Å²) >= 11 is 1.19. The summed E-state index contributed by atoms with van der Waals surface area (Å²) < 4.78 is 22.6. The Morgan fingerprint density at radius 3 is 2.64 bits per heavy atom. The molecule has 0 unspecified atom stereocenters. The number of carboxylic acid groups (broad SMARTS) is 1. The standard InChI is InChI=1S/C14H20N2O7S2/c1-7(17)15-3-4-24-10-5-8-11(9(18)6-25(2,22)23)13(19)16(8)12(10)14(20)21/h8-9,11,18H,3-6H2,1-2H3,(H,15,17)(H,20,21)/p-1/t8-,9+,11-/m1/s1. The van der Waals surface area contributed by atoms with Crippen LogP contribution in [-0.4, -0.2) is 72.7 Å². The average Bonchev–Trinajstić information content (AvgIpc) is 2.76. The molecule has 2 amide bonds. The first-order valence-corrected chi connectivity index (χ1v) is 10.6. The summed E-state index contributed by atoms with van der Waals surface area (Å²) in [7, 11) is -3.47. The number of aliphatic hydroxyl groups excluding tert-OH is 1. The number of amides is 2. The van der Waals surface area contributed by atoms with Crippen molar-refractivity contribution in [3.05, 3.63) is 10.6 Å². The summed E-state index contributed by atoms with van der Waals surface area (Å²) in [5, 5.41) is 24.0. The minimum atomic E-state index is -3.47. The summed E-state index contributed by atoms with van der Waals surface area (Å²) in [6.45, 7) is 1.70. The van der Waals surface area contributed by atoms with E-state index in [1.807, 2.05) is 0 Å². The molecule has 0 bridgehead atoms. The molecule has 2 aliphatic heterocycles. The Kier molecular flexibility index (Phi) is 5.79. The molecule has 3 atom stereocenters. The molecule has 1 fully saturated rings. The van der Waals surface area contributed by atoms with E-state index >= 15 is 0 Å². The highest BCUT2D eigenvalue weighted by molar-refractivity contribution is 8.03. The van der Waals surface area contributed by atoms with Gasteiger partial charge in [0.1, 0.15) is 9.84 Å². The molecule has 1 saturated heterocycles. The molecule has 0 radical (unpaired) electrons. The second kappa shape index (κ2) is 7.34. The van der Waals surface area contributed by atoms with Crippen LogP contribution in [0.3, 0.4) is 0 Å². The number of sulfone groups is 1. The second-order valence-electron chi connectivity index (χ2n) is 6.06. The van der Waals surface area contributed by atoms with Crippen molar-refractivity contribution < 1.29 is 33.0 Å². The van der Waals surface area contributed by atoms with Crippen LogP contribution in [0.4, 0.5) is 0 Å². The minimum absolute atomic E-state index is 0.205. The Morgan fingerprint density at radius 2 is 2.12 bits per heavy atom. The highest BCUT2D eigenvalue weighted by Crippen LogP contribution is 2.46. The Labute approximate surface area is 149 Å². The van der Waals surface area contributed by atoms with Crippen molar-refractivity contribution in [1.82, 2.24) is 10.2 Å². The molecular formula is C14H19N2O7S2-. The van der Waals surface area contributed by atoms with Crippen LogP contribution in [0, 0.1) is 5.92 Å². The zero-order valence-electron chi connectivity index (χ0n) is 13.7. The first kappa shape index (κ1) is 19.7. The summed E-state index contributed by atoms with van der Waals surface area (Å²) in [6.07, 6.45) is -0.207. The van der Waals surface area contributed by atoms with Crippen LogP contribution >= 0.6 is 11.8 Å². The fourth-order valence-corrected chi connectivity index (χ4v) is 4.94. The zero-order chi connectivity index (χ0) is 18.9. The Morgan fingerprint density at radius 1 is 1.48 bits per heavy atom. The molecule has 0 aliphatic carbocycles. The van der Waals surface area contributed by atoms with E-state index in [2.05, 4.69) is 5.32 Å². The van der Waals surface area contributed by atoms with Gasteiger partial charge < -0.3 is 25.2 Å². The van der Waals surface area contributed by atoms with E-state index in [1.54, 1.807) is 0 Å².